The molecule has 8 heteroatoms. The van der Waals surface area contributed by atoms with Crippen molar-refractivity contribution in [3.8, 4) is 17.2 Å². The van der Waals surface area contributed by atoms with E-state index in [9.17, 15) is 4.57 Å². The predicted molar refractivity (Wildman–Crippen MR) is 127 cm³/mol. The van der Waals surface area contributed by atoms with Crippen LogP contribution in [0.25, 0.3) is 0 Å². The largest absolute Gasteiger partial charge is 2.00 e. The minimum atomic E-state index is -3.97. The summed E-state index contributed by atoms with van der Waals surface area (Å²) >= 11 is 0. The number of rotatable bonds is 6. The Bertz CT molecular complexity index is 869. The van der Waals surface area contributed by atoms with Crippen molar-refractivity contribution in [1.82, 2.24) is 0 Å². The quantitative estimate of drug-likeness (QED) is 0.343. The Morgan fingerprint density at radius 1 is 0.586 bits per heavy atom. The van der Waals surface area contributed by atoms with Crippen LogP contribution in [0.3, 0.4) is 0 Å². The van der Waals surface area contributed by atoms with Crippen LogP contribution >= 0.6 is 7.82 Å². The van der Waals surface area contributed by atoms with Crippen LogP contribution in [-0.2, 0) is 4.57 Å². The van der Waals surface area contributed by atoms with Crippen molar-refractivity contribution in [2.45, 2.75) is 20.8 Å². The number of phosphoric acid groups is 1. The van der Waals surface area contributed by atoms with Crippen molar-refractivity contribution < 1.29 is 26.7 Å². The van der Waals surface area contributed by atoms with E-state index >= 15 is 0 Å². The smallest absolute Gasteiger partial charge is 1.00 e. The van der Waals surface area contributed by atoms with Crippen LogP contribution in [-0.4, -0.2) is 83.8 Å². The van der Waals surface area contributed by atoms with Gasteiger partial charge in [-0.2, -0.15) is 4.57 Å². The van der Waals surface area contributed by atoms with E-state index in [0.29, 0.717) is 17.2 Å². The maximum atomic E-state index is 13.5. The number of phosphoric ester groups is 1. The summed E-state index contributed by atoms with van der Waals surface area (Å²) in [6.45, 7) is 5.63. The van der Waals surface area contributed by atoms with Crippen molar-refractivity contribution in [3.63, 3.8) is 0 Å². The van der Waals surface area contributed by atoms with E-state index in [1.165, 1.54) is 0 Å². The van der Waals surface area contributed by atoms with Gasteiger partial charge in [0.2, 0.25) is 0 Å². The number of para-hydroxylation sites is 3. The molecule has 3 aromatic carbocycles. The fourth-order valence-electron chi connectivity index (χ4n) is 2.39. The van der Waals surface area contributed by atoms with Gasteiger partial charge in [0.25, 0.3) is 0 Å². The molecule has 0 radical (unpaired) electrons. The van der Waals surface area contributed by atoms with Crippen molar-refractivity contribution in [1.29, 1.82) is 0 Å². The fraction of sp³-hybridized carbons (Fsp3) is 0.143. The van der Waals surface area contributed by atoms with Gasteiger partial charge in [-0.25, -0.2) is 0 Å². The maximum Gasteiger partial charge on any atom is 2.00 e. The second kappa shape index (κ2) is 13.5. The van der Waals surface area contributed by atoms with E-state index in [0.717, 1.165) is 16.7 Å². The molecule has 3 rings (SSSR count). The summed E-state index contributed by atoms with van der Waals surface area (Å²) in [7, 11) is -3.97. The standard InChI is InChI=1S/C21H21O4P.Ca.2Mg.6H/c1-16-10-4-7-13-19(16)23-26(22,24-20-14-8-5-11-17(20)2)25-21-15-9-6-12-18(21)3;;;;;;;;;/h4-15H,1-3H3;;;;;;;;;/q;3*+2;6*-1. The molecule has 0 bridgehead atoms. The van der Waals surface area contributed by atoms with Crippen LogP contribution in [0.2, 0.25) is 0 Å². The molecule has 0 saturated heterocycles. The SMILES string of the molecule is Cc1ccccc1OP(=O)(Oc1ccccc1C)Oc1ccccc1C.[Ca+2].[H-].[H-].[H-].[H-].[H-].[H-].[Mg+2].[Mg+2]. The van der Waals surface area contributed by atoms with Crippen molar-refractivity contribution in [2.75, 3.05) is 0 Å². The zero-order valence-electron chi connectivity index (χ0n) is 23.1. The van der Waals surface area contributed by atoms with Gasteiger partial charge in [0.05, 0.1) is 0 Å². The first-order valence-electron chi connectivity index (χ1n) is 8.32. The summed E-state index contributed by atoms with van der Waals surface area (Å²) in [4.78, 5) is 0. The molecule has 3 aromatic rings. The van der Waals surface area contributed by atoms with Crippen molar-refractivity contribution >= 4 is 91.7 Å². The van der Waals surface area contributed by atoms with Crippen LogP contribution in [0, 0.1) is 20.8 Å². The maximum absolute atomic E-state index is 13.5. The van der Waals surface area contributed by atoms with E-state index in [2.05, 4.69) is 0 Å². The van der Waals surface area contributed by atoms with Gasteiger partial charge < -0.3 is 22.1 Å². The molecule has 0 amide bonds. The third-order valence-electron chi connectivity index (χ3n) is 3.91. The van der Waals surface area contributed by atoms with Crippen LogP contribution in [0.15, 0.2) is 72.8 Å². The van der Waals surface area contributed by atoms with Gasteiger partial charge in [0.1, 0.15) is 17.2 Å². The Morgan fingerprint density at radius 3 is 1.07 bits per heavy atom. The summed E-state index contributed by atoms with van der Waals surface area (Å²) in [6.07, 6.45) is 0. The second-order valence-electron chi connectivity index (χ2n) is 6.02. The van der Waals surface area contributed by atoms with Gasteiger partial charge >= 0.3 is 91.7 Å². The first-order chi connectivity index (χ1) is 12.5. The monoisotopic (exact) mass is 462 g/mol. The Labute approximate surface area is 243 Å². The van der Waals surface area contributed by atoms with Crippen LogP contribution in [0.4, 0.5) is 0 Å². The topological polar surface area (TPSA) is 44.8 Å². The Kier molecular flexibility index (Phi) is 13.5. The minimum Gasteiger partial charge on any atom is -1.00 e. The summed E-state index contributed by atoms with van der Waals surface area (Å²) in [5.74, 6) is 1.37. The molecule has 146 valence electrons. The molecule has 0 aliphatic rings. The molecule has 0 spiro atoms. The third-order valence-corrected chi connectivity index (χ3v) is 5.17. The molecular weight excluding hydrogens is 436 g/mol. The van der Waals surface area contributed by atoms with Crippen molar-refractivity contribution in [3.05, 3.63) is 89.5 Å². The molecular formula is C21H27CaMg2O4P. The fourth-order valence-corrected chi connectivity index (χ4v) is 3.84. The average Bonchev–Trinajstić information content (AvgIpc) is 2.61. The zero-order chi connectivity index (χ0) is 18.6. The molecule has 0 fully saturated rings. The third kappa shape index (κ3) is 8.26. The summed E-state index contributed by atoms with van der Waals surface area (Å²) in [5, 5.41) is 0. The molecule has 29 heavy (non-hydrogen) atoms. The minimum absolute atomic E-state index is 0. The summed E-state index contributed by atoms with van der Waals surface area (Å²) in [5.41, 5.74) is 2.53. The van der Waals surface area contributed by atoms with Crippen LogP contribution in [0.1, 0.15) is 25.3 Å². The van der Waals surface area contributed by atoms with Gasteiger partial charge in [0.15, 0.2) is 0 Å². The number of hydrogen-bond donors (Lipinski definition) is 0. The van der Waals surface area contributed by atoms with E-state index in [1.54, 1.807) is 18.2 Å². The number of benzene rings is 3. The molecule has 0 aliphatic carbocycles. The van der Waals surface area contributed by atoms with Gasteiger partial charge in [0, 0.05) is 0 Å². The van der Waals surface area contributed by atoms with Crippen molar-refractivity contribution in [2.24, 2.45) is 0 Å². The van der Waals surface area contributed by atoms with Crippen LogP contribution < -0.4 is 13.6 Å². The molecule has 0 N–H and O–H groups in total. The molecule has 0 atom stereocenters. The Morgan fingerprint density at radius 2 is 0.828 bits per heavy atom. The van der Waals surface area contributed by atoms with Crippen LogP contribution in [0.5, 0.6) is 17.2 Å². The summed E-state index contributed by atoms with van der Waals surface area (Å²) < 4.78 is 30.8. The van der Waals surface area contributed by atoms with Gasteiger partial charge in [-0.15, -0.1) is 0 Å². The normalized spacial score (nSPS) is 9.90. The first kappa shape index (κ1) is 29.1. The molecule has 0 saturated carbocycles. The summed E-state index contributed by atoms with van der Waals surface area (Å²) in [6, 6.07) is 22.0. The predicted octanol–water partition coefficient (Wildman–Crippen LogP) is 5.79. The Hall–Kier alpha value is 0.0822. The van der Waals surface area contributed by atoms with Gasteiger partial charge in [-0.3, -0.25) is 0 Å². The Balaban J connectivity index is -0.000000174. The first-order valence-corrected chi connectivity index (χ1v) is 9.79. The number of aryl methyl sites for hydroxylation is 3. The van der Waals surface area contributed by atoms with Gasteiger partial charge in [-0.1, -0.05) is 54.6 Å². The molecule has 4 nitrogen and oxygen atoms in total. The van der Waals surface area contributed by atoms with E-state index in [1.807, 2.05) is 75.4 Å². The number of hydrogen-bond acceptors (Lipinski definition) is 4. The van der Waals surface area contributed by atoms with E-state index < -0.39 is 7.82 Å². The molecule has 0 aromatic heterocycles. The molecule has 0 aliphatic heterocycles. The van der Waals surface area contributed by atoms with E-state index in [4.69, 9.17) is 13.6 Å². The molecule has 0 unspecified atom stereocenters. The molecule has 0 heterocycles. The van der Waals surface area contributed by atoms with Gasteiger partial charge in [-0.05, 0) is 55.7 Å². The second-order valence-corrected chi connectivity index (χ2v) is 7.46. The average molecular weight is 463 g/mol. The zero-order valence-corrected chi connectivity index (χ0v) is 23.1. The van der Waals surface area contributed by atoms with E-state index in [-0.39, 0.29) is 92.4 Å².